The van der Waals surface area contributed by atoms with Crippen molar-refractivity contribution in [2.75, 3.05) is 19.1 Å². The minimum absolute atomic E-state index is 0.0584. The van der Waals surface area contributed by atoms with E-state index in [0.717, 1.165) is 15.8 Å². The van der Waals surface area contributed by atoms with Crippen molar-refractivity contribution in [2.24, 2.45) is 0 Å². The van der Waals surface area contributed by atoms with E-state index >= 15 is 0 Å². The SMILES string of the molecule is CCOCOc1ccc2nc(-c3ccc(N)c(OS(=O)(=O)c4ccc(C)cc4)c3)sc2c1. The van der Waals surface area contributed by atoms with E-state index in [9.17, 15) is 8.42 Å². The van der Waals surface area contributed by atoms with E-state index in [1.165, 1.54) is 23.5 Å². The van der Waals surface area contributed by atoms with Gasteiger partial charge >= 0.3 is 10.1 Å². The molecule has 0 aliphatic carbocycles. The molecule has 2 N–H and O–H groups in total. The first kappa shape index (κ1) is 22.1. The van der Waals surface area contributed by atoms with Crippen LogP contribution in [0.15, 0.2) is 65.6 Å². The third-order valence-electron chi connectivity index (χ3n) is 4.64. The number of fused-ring (bicyclic) bond motifs is 1. The summed E-state index contributed by atoms with van der Waals surface area (Å²) in [6.07, 6.45) is 0. The molecular weight excluding hydrogens is 448 g/mol. The minimum atomic E-state index is -4.02. The van der Waals surface area contributed by atoms with Crippen molar-refractivity contribution in [3.8, 4) is 22.1 Å². The Morgan fingerprint density at radius 1 is 1.03 bits per heavy atom. The summed E-state index contributed by atoms with van der Waals surface area (Å²) in [5.41, 5.74) is 8.67. The van der Waals surface area contributed by atoms with Gasteiger partial charge in [0.05, 0.1) is 15.9 Å². The Bertz CT molecular complexity index is 1350. The summed E-state index contributed by atoms with van der Waals surface area (Å²) in [5.74, 6) is 0.745. The fraction of sp³-hybridized carbons (Fsp3) is 0.174. The van der Waals surface area contributed by atoms with Crippen molar-refractivity contribution in [2.45, 2.75) is 18.7 Å². The highest BCUT2D eigenvalue weighted by Gasteiger charge is 2.19. The average molecular weight is 471 g/mol. The molecule has 0 atom stereocenters. The van der Waals surface area contributed by atoms with Gasteiger partial charge in [-0.15, -0.1) is 11.3 Å². The Balaban J connectivity index is 1.62. The van der Waals surface area contributed by atoms with Crippen LogP contribution < -0.4 is 14.7 Å². The Hall–Kier alpha value is -3.14. The highest BCUT2D eigenvalue weighted by atomic mass is 32.2. The quantitative estimate of drug-likeness (QED) is 0.167. The first-order chi connectivity index (χ1) is 15.4. The molecule has 1 heterocycles. The molecule has 1 aromatic heterocycles. The van der Waals surface area contributed by atoms with Crippen molar-refractivity contribution in [3.63, 3.8) is 0 Å². The number of rotatable bonds is 8. The van der Waals surface area contributed by atoms with Crippen LogP contribution in [0, 0.1) is 6.92 Å². The van der Waals surface area contributed by atoms with E-state index in [0.29, 0.717) is 22.9 Å². The Morgan fingerprint density at radius 2 is 1.81 bits per heavy atom. The van der Waals surface area contributed by atoms with Gasteiger partial charge in [0.25, 0.3) is 0 Å². The van der Waals surface area contributed by atoms with Crippen LogP contribution in [0.2, 0.25) is 0 Å². The van der Waals surface area contributed by atoms with Gasteiger partial charge in [-0.3, -0.25) is 0 Å². The maximum absolute atomic E-state index is 12.7. The van der Waals surface area contributed by atoms with E-state index < -0.39 is 10.1 Å². The molecule has 3 aromatic carbocycles. The van der Waals surface area contributed by atoms with Crippen LogP contribution in [0.3, 0.4) is 0 Å². The summed E-state index contributed by atoms with van der Waals surface area (Å²) in [5, 5.41) is 0.708. The molecule has 0 amide bonds. The van der Waals surface area contributed by atoms with Crippen LogP contribution >= 0.6 is 11.3 Å². The average Bonchev–Trinajstić information content (AvgIpc) is 3.19. The smallest absolute Gasteiger partial charge is 0.339 e. The number of nitrogen functional groups attached to an aromatic ring is 1. The summed E-state index contributed by atoms with van der Waals surface area (Å²) in [7, 11) is -4.02. The zero-order chi connectivity index (χ0) is 22.7. The van der Waals surface area contributed by atoms with Crippen LogP contribution in [-0.2, 0) is 14.9 Å². The monoisotopic (exact) mass is 470 g/mol. The van der Waals surface area contributed by atoms with Gasteiger partial charge in [-0.2, -0.15) is 8.42 Å². The fourth-order valence-corrected chi connectivity index (χ4v) is 4.86. The number of hydrogen-bond donors (Lipinski definition) is 1. The molecule has 0 fully saturated rings. The van der Waals surface area contributed by atoms with Gasteiger partial charge in [0, 0.05) is 12.2 Å². The third kappa shape index (κ3) is 4.85. The van der Waals surface area contributed by atoms with Gasteiger partial charge in [-0.05, 0) is 62.4 Å². The molecule has 32 heavy (non-hydrogen) atoms. The largest absolute Gasteiger partial charge is 0.468 e. The van der Waals surface area contributed by atoms with Crippen LogP contribution in [0.5, 0.6) is 11.5 Å². The van der Waals surface area contributed by atoms with Gasteiger partial charge in [-0.1, -0.05) is 17.7 Å². The van der Waals surface area contributed by atoms with Gasteiger partial charge in [-0.25, -0.2) is 4.98 Å². The molecule has 166 valence electrons. The second-order valence-electron chi connectivity index (χ2n) is 7.01. The van der Waals surface area contributed by atoms with Crippen LogP contribution in [0.1, 0.15) is 12.5 Å². The lowest BCUT2D eigenvalue weighted by molar-refractivity contribution is 0.0225. The van der Waals surface area contributed by atoms with E-state index in [4.69, 9.17) is 19.4 Å². The van der Waals surface area contributed by atoms with Crippen molar-refractivity contribution in [1.82, 2.24) is 4.98 Å². The molecule has 0 spiro atoms. The van der Waals surface area contributed by atoms with Gasteiger partial charge in [0.2, 0.25) is 0 Å². The zero-order valence-corrected chi connectivity index (χ0v) is 19.2. The number of aryl methyl sites for hydroxylation is 1. The zero-order valence-electron chi connectivity index (χ0n) is 17.6. The van der Waals surface area contributed by atoms with E-state index in [1.807, 2.05) is 32.0 Å². The molecule has 0 radical (unpaired) electrons. The normalized spacial score (nSPS) is 11.6. The molecule has 0 aliphatic heterocycles. The number of ether oxygens (including phenoxy) is 2. The fourth-order valence-electron chi connectivity index (χ4n) is 2.92. The number of hydrogen-bond acceptors (Lipinski definition) is 8. The molecule has 0 saturated heterocycles. The second kappa shape index (κ2) is 9.15. The highest BCUT2D eigenvalue weighted by molar-refractivity contribution is 7.87. The molecule has 4 rings (SSSR count). The highest BCUT2D eigenvalue weighted by Crippen LogP contribution is 2.36. The van der Waals surface area contributed by atoms with Crippen LogP contribution in [0.4, 0.5) is 5.69 Å². The standard InChI is InChI=1S/C23H22N2O5S2/c1-3-28-14-29-17-7-11-20-22(13-17)31-23(25-20)16-6-10-19(24)21(12-16)30-32(26,27)18-8-4-15(2)5-9-18/h4-13H,3,14,24H2,1-2H3. The lowest BCUT2D eigenvalue weighted by atomic mass is 10.2. The van der Waals surface area contributed by atoms with Gasteiger partial charge in [0.15, 0.2) is 12.5 Å². The van der Waals surface area contributed by atoms with Crippen molar-refractivity contribution < 1.29 is 22.1 Å². The van der Waals surface area contributed by atoms with Crippen molar-refractivity contribution >= 4 is 37.4 Å². The summed E-state index contributed by atoms with van der Waals surface area (Å²) >= 11 is 1.46. The van der Waals surface area contributed by atoms with Crippen molar-refractivity contribution in [3.05, 3.63) is 66.2 Å². The topological polar surface area (TPSA) is 101 Å². The maximum Gasteiger partial charge on any atom is 0.339 e. The molecule has 9 heteroatoms. The molecule has 0 bridgehead atoms. The Morgan fingerprint density at radius 3 is 2.56 bits per heavy atom. The number of nitrogens with two attached hydrogens (primary N) is 1. The molecule has 0 unspecified atom stereocenters. The van der Waals surface area contributed by atoms with Crippen LogP contribution in [-0.4, -0.2) is 26.8 Å². The number of anilines is 1. The van der Waals surface area contributed by atoms with E-state index in [2.05, 4.69) is 4.98 Å². The summed E-state index contributed by atoms with van der Waals surface area (Å²) in [6, 6.07) is 17.0. The molecular formula is C23H22N2O5S2. The van der Waals surface area contributed by atoms with E-state index in [-0.39, 0.29) is 23.1 Å². The van der Waals surface area contributed by atoms with Crippen LogP contribution in [0.25, 0.3) is 20.8 Å². The third-order valence-corrected chi connectivity index (χ3v) is 6.96. The lowest BCUT2D eigenvalue weighted by Gasteiger charge is -2.10. The first-order valence-corrected chi connectivity index (χ1v) is 12.1. The second-order valence-corrected chi connectivity index (χ2v) is 9.58. The predicted octanol–water partition coefficient (Wildman–Crippen LogP) is 4.99. The molecule has 4 aromatic rings. The Labute approximate surface area is 190 Å². The molecule has 0 saturated carbocycles. The summed E-state index contributed by atoms with van der Waals surface area (Å²) in [4.78, 5) is 4.70. The van der Waals surface area contributed by atoms with Gasteiger partial charge < -0.3 is 19.4 Å². The number of thiazole rings is 1. The first-order valence-electron chi connectivity index (χ1n) is 9.88. The predicted molar refractivity (Wildman–Crippen MR) is 126 cm³/mol. The summed E-state index contributed by atoms with van der Waals surface area (Å²) < 4.78 is 42.4. The Kier molecular flexibility index (Phi) is 6.31. The van der Waals surface area contributed by atoms with E-state index in [1.54, 1.807) is 30.3 Å². The van der Waals surface area contributed by atoms with Gasteiger partial charge in [0.1, 0.15) is 15.7 Å². The number of aromatic nitrogens is 1. The van der Waals surface area contributed by atoms with Crippen molar-refractivity contribution in [1.29, 1.82) is 0 Å². The maximum atomic E-state index is 12.7. The number of benzene rings is 3. The lowest BCUT2D eigenvalue weighted by Crippen LogP contribution is -2.11. The molecule has 7 nitrogen and oxygen atoms in total. The molecule has 0 aliphatic rings. The summed E-state index contributed by atoms with van der Waals surface area (Å²) in [6.45, 7) is 4.54. The number of nitrogens with zero attached hydrogens (tertiary/aromatic N) is 1. The minimum Gasteiger partial charge on any atom is -0.468 e.